The van der Waals surface area contributed by atoms with Crippen molar-refractivity contribution in [3.05, 3.63) is 64.6 Å². The fourth-order valence-electron chi connectivity index (χ4n) is 2.08. The van der Waals surface area contributed by atoms with E-state index in [9.17, 15) is 19.8 Å². The second-order valence-corrected chi connectivity index (χ2v) is 5.92. The summed E-state index contributed by atoms with van der Waals surface area (Å²) in [6, 6.07) is 12.7. The van der Waals surface area contributed by atoms with Gasteiger partial charge in [-0.3, -0.25) is 4.79 Å². The number of carbonyl (C=O) groups is 2. The van der Waals surface area contributed by atoms with Crippen molar-refractivity contribution in [3.8, 4) is 5.75 Å². The summed E-state index contributed by atoms with van der Waals surface area (Å²) in [5, 5.41) is 21.5. The third-order valence-corrected chi connectivity index (χ3v) is 4.12. The van der Waals surface area contributed by atoms with Gasteiger partial charge in [-0.15, -0.1) is 0 Å². The number of amides is 1. The average molecular weight is 340 g/mol. The molecule has 2 aromatic carbocycles. The number of carbonyl (C=O) groups excluding carboxylic acids is 1. The van der Waals surface area contributed by atoms with Gasteiger partial charge >= 0.3 is 5.97 Å². The Balaban J connectivity index is 1.88. The summed E-state index contributed by atoms with van der Waals surface area (Å²) in [6.07, 6.45) is 1.53. The van der Waals surface area contributed by atoms with Crippen molar-refractivity contribution in [1.29, 1.82) is 0 Å². The van der Waals surface area contributed by atoms with E-state index in [1.165, 1.54) is 24.3 Å². The molecule has 0 unspecified atom stereocenters. The monoisotopic (exact) mass is 340 g/mol. The minimum Gasteiger partial charge on any atom is -0.508 e. The quantitative estimate of drug-likeness (QED) is 0.746. The molecule has 1 fully saturated rings. The molecule has 2 aromatic rings. The zero-order valence-electron chi connectivity index (χ0n) is 12.3. The number of nitrogens with one attached hydrogen (secondary N) is 1. The van der Waals surface area contributed by atoms with Crippen LogP contribution in [0.25, 0.3) is 6.08 Å². The molecule has 24 heavy (non-hydrogen) atoms. The lowest BCUT2D eigenvalue weighted by molar-refractivity contribution is -0.115. The van der Waals surface area contributed by atoms with Gasteiger partial charge in [0.25, 0.3) is 5.91 Å². The number of hydrogen-bond acceptors (Lipinski definition) is 5. The zero-order valence-corrected chi connectivity index (χ0v) is 13.1. The molecule has 3 rings (SSSR count). The van der Waals surface area contributed by atoms with E-state index in [0.29, 0.717) is 21.3 Å². The van der Waals surface area contributed by atoms with Gasteiger partial charge in [0.05, 0.1) is 16.2 Å². The molecule has 1 aliphatic heterocycles. The van der Waals surface area contributed by atoms with Crippen molar-refractivity contribution in [3.63, 3.8) is 0 Å². The maximum Gasteiger partial charge on any atom is 0.336 e. The molecule has 1 amide bonds. The SMILES string of the molecule is O=C1NC(=Nc2ccc(O)cc2)S/C1=C\c1ccccc1C(=O)O. The van der Waals surface area contributed by atoms with Gasteiger partial charge in [0.1, 0.15) is 5.75 Å². The predicted molar refractivity (Wildman–Crippen MR) is 92.3 cm³/mol. The number of amidine groups is 1. The van der Waals surface area contributed by atoms with Gasteiger partial charge in [0.15, 0.2) is 5.17 Å². The number of carboxylic acids is 1. The molecule has 3 N–H and O–H groups in total. The van der Waals surface area contributed by atoms with Crippen LogP contribution < -0.4 is 5.32 Å². The highest BCUT2D eigenvalue weighted by molar-refractivity contribution is 8.18. The molecule has 120 valence electrons. The third kappa shape index (κ3) is 3.47. The molecule has 6 nitrogen and oxygen atoms in total. The van der Waals surface area contributed by atoms with Crippen LogP contribution in [-0.4, -0.2) is 27.3 Å². The van der Waals surface area contributed by atoms with Gasteiger partial charge in [-0.25, -0.2) is 9.79 Å². The summed E-state index contributed by atoms with van der Waals surface area (Å²) in [4.78, 5) is 27.9. The summed E-state index contributed by atoms with van der Waals surface area (Å²) >= 11 is 1.13. The van der Waals surface area contributed by atoms with Crippen molar-refractivity contribution < 1.29 is 19.8 Å². The second kappa shape index (κ2) is 6.59. The van der Waals surface area contributed by atoms with Crippen LogP contribution in [0, 0.1) is 0 Å². The van der Waals surface area contributed by atoms with Gasteiger partial charge in [-0.05, 0) is 53.7 Å². The lowest BCUT2D eigenvalue weighted by Gasteiger charge is -2.00. The van der Waals surface area contributed by atoms with Crippen LogP contribution in [0.2, 0.25) is 0 Å². The first-order valence-corrected chi connectivity index (χ1v) is 7.75. The van der Waals surface area contributed by atoms with E-state index in [-0.39, 0.29) is 17.2 Å². The number of benzene rings is 2. The van der Waals surface area contributed by atoms with Gasteiger partial charge in [0, 0.05) is 0 Å². The topological polar surface area (TPSA) is 99.0 Å². The van der Waals surface area contributed by atoms with Crippen LogP contribution >= 0.6 is 11.8 Å². The maximum absolute atomic E-state index is 12.0. The molecule has 0 bridgehead atoms. The second-order valence-electron chi connectivity index (χ2n) is 4.89. The van der Waals surface area contributed by atoms with Crippen LogP contribution in [-0.2, 0) is 4.79 Å². The Morgan fingerprint density at radius 1 is 1.12 bits per heavy atom. The maximum atomic E-state index is 12.0. The number of phenolic OH excluding ortho intramolecular Hbond substituents is 1. The normalized spacial score (nSPS) is 17.2. The summed E-state index contributed by atoms with van der Waals surface area (Å²) in [5.74, 6) is -1.26. The Kier molecular flexibility index (Phi) is 4.35. The highest BCUT2D eigenvalue weighted by atomic mass is 32.2. The first-order chi connectivity index (χ1) is 11.5. The molecule has 7 heteroatoms. The molecule has 0 aromatic heterocycles. The van der Waals surface area contributed by atoms with E-state index in [0.717, 1.165) is 11.8 Å². The standard InChI is InChI=1S/C17H12N2O4S/c20-12-7-5-11(6-8-12)18-17-19-15(21)14(24-17)9-10-3-1-2-4-13(10)16(22)23/h1-9,20H,(H,22,23)(H,18,19,21)/b14-9-. The number of phenols is 1. The molecule has 1 heterocycles. The zero-order chi connectivity index (χ0) is 17.1. The molecule has 0 saturated carbocycles. The van der Waals surface area contributed by atoms with Crippen LogP contribution in [0.4, 0.5) is 5.69 Å². The fraction of sp³-hybridized carbons (Fsp3) is 0. The summed E-state index contributed by atoms with van der Waals surface area (Å²) < 4.78 is 0. The van der Waals surface area contributed by atoms with Crippen molar-refractivity contribution >= 4 is 40.6 Å². The molecular formula is C17H12N2O4S. The van der Waals surface area contributed by atoms with Crippen LogP contribution in [0.15, 0.2) is 58.4 Å². The Morgan fingerprint density at radius 2 is 1.83 bits per heavy atom. The van der Waals surface area contributed by atoms with E-state index in [1.54, 1.807) is 30.3 Å². The van der Waals surface area contributed by atoms with Crippen molar-refractivity contribution in [1.82, 2.24) is 5.32 Å². The largest absolute Gasteiger partial charge is 0.508 e. The highest BCUT2D eigenvalue weighted by Gasteiger charge is 2.24. The highest BCUT2D eigenvalue weighted by Crippen LogP contribution is 2.29. The molecule has 1 aliphatic rings. The Morgan fingerprint density at radius 3 is 2.54 bits per heavy atom. The third-order valence-electron chi connectivity index (χ3n) is 3.21. The minimum atomic E-state index is -1.05. The number of rotatable bonds is 3. The minimum absolute atomic E-state index is 0.127. The lowest BCUT2D eigenvalue weighted by Crippen LogP contribution is -2.19. The van der Waals surface area contributed by atoms with Gasteiger partial charge < -0.3 is 15.5 Å². The first-order valence-electron chi connectivity index (χ1n) is 6.94. The lowest BCUT2D eigenvalue weighted by atomic mass is 10.1. The molecule has 0 atom stereocenters. The van der Waals surface area contributed by atoms with Gasteiger partial charge in [0.2, 0.25) is 0 Å². The molecule has 0 spiro atoms. The van der Waals surface area contributed by atoms with E-state index >= 15 is 0 Å². The molecule has 0 radical (unpaired) electrons. The fourth-order valence-corrected chi connectivity index (χ4v) is 2.92. The number of carboxylic acid groups (broad SMARTS) is 1. The van der Waals surface area contributed by atoms with Crippen molar-refractivity contribution in [2.75, 3.05) is 0 Å². The van der Waals surface area contributed by atoms with E-state index < -0.39 is 5.97 Å². The van der Waals surface area contributed by atoms with Crippen molar-refractivity contribution in [2.24, 2.45) is 4.99 Å². The Labute approximate surface area is 141 Å². The molecule has 0 aliphatic carbocycles. The smallest absolute Gasteiger partial charge is 0.336 e. The predicted octanol–water partition coefficient (Wildman–Crippen LogP) is 2.98. The van der Waals surface area contributed by atoms with Gasteiger partial charge in [-0.2, -0.15) is 0 Å². The van der Waals surface area contributed by atoms with Gasteiger partial charge in [-0.1, -0.05) is 18.2 Å². The number of hydrogen-bond donors (Lipinski definition) is 3. The Hall–Kier alpha value is -3.06. The average Bonchev–Trinajstić information content (AvgIpc) is 2.89. The summed E-state index contributed by atoms with van der Waals surface area (Å²) in [7, 11) is 0. The van der Waals surface area contributed by atoms with Crippen LogP contribution in [0.5, 0.6) is 5.75 Å². The number of aromatic carboxylic acids is 1. The number of aliphatic imine (C=N–C) groups is 1. The van der Waals surface area contributed by atoms with Crippen molar-refractivity contribution in [2.45, 2.75) is 0 Å². The number of nitrogens with zero attached hydrogens (tertiary/aromatic N) is 1. The van der Waals surface area contributed by atoms with Crippen LogP contribution in [0.1, 0.15) is 15.9 Å². The Bertz CT molecular complexity index is 872. The first kappa shape index (κ1) is 15.8. The summed E-state index contributed by atoms with van der Waals surface area (Å²) in [6.45, 7) is 0. The van der Waals surface area contributed by atoms with Crippen LogP contribution in [0.3, 0.4) is 0 Å². The summed E-state index contributed by atoms with van der Waals surface area (Å²) in [5.41, 5.74) is 1.17. The number of thioether (sulfide) groups is 1. The molecule has 1 saturated heterocycles. The van der Waals surface area contributed by atoms with E-state index in [2.05, 4.69) is 10.3 Å². The molecular weight excluding hydrogens is 328 g/mol. The van der Waals surface area contributed by atoms with E-state index in [4.69, 9.17) is 0 Å². The number of aromatic hydroxyl groups is 1. The van der Waals surface area contributed by atoms with E-state index in [1.807, 2.05) is 0 Å².